The molecule has 17 heavy (non-hydrogen) atoms. The molecule has 0 aliphatic carbocycles. The highest BCUT2D eigenvalue weighted by molar-refractivity contribution is 7.89. The molecule has 0 aromatic carbocycles. The van der Waals surface area contributed by atoms with Crippen LogP contribution in [0.2, 0.25) is 0 Å². The van der Waals surface area contributed by atoms with Crippen molar-refractivity contribution in [1.82, 2.24) is 14.7 Å². The van der Waals surface area contributed by atoms with Crippen LogP contribution in [0.5, 0.6) is 5.88 Å². The predicted molar refractivity (Wildman–Crippen MR) is 64.7 cm³/mol. The summed E-state index contributed by atoms with van der Waals surface area (Å²) in [5.74, 6) is 1.52. The summed E-state index contributed by atoms with van der Waals surface area (Å²) >= 11 is 0. The zero-order valence-corrected chi connectivity index (χ0v) is 10.8. The van der Waals surface area contributed by atoms with Gasteiger partial charge in [0.05, 0.1) is 12.9 Å². The summed E-state index contributed by atoms with van der Waals surface area (Å²) in [7, 11) is -0.310. The van der Waals surface area contributed by atoms with Crippen LogP contribution in [0.25, 0.3) is 0 Å². The maximum atomic E-state index is 11.2. The maximum Gasteiger partial charge on any atom is 0.218 e. The van der Waals surface area contributed by atoms with Crippen LogP contribution < -0.4 is 14.8 Å². The van der Waals surface area contributed by atoms with E-state index in [0.717, 1.165) is 0 Å². The van der Waals surface area contributed by atoms with E-state index in [2.05, 4.69) is 20.0 Å². The first-order valence-corrected chi connectivity index (χ1v) is 6.67. The average Bonchev–Trinajstić information content (AvgIpc) is 2.28. The molecular formula is C9H16N4O3S. The fraction of sp³-hybridized carbons (Fsp3) is 0.556. The summed E-state index contributed by atoms with van der Waals surface area (Å²) < 4.78 is 29.6. The second-order valence-corrected chi connectivity index (χ2v) is 5.34. The molecule has 96 valence electrons. The summed E-state index contributed by atoms with van der Waals surface area (Å²) in [6, 6.07) is 1.61. The van der Waals surface area contributed by atoms with Crippen LogP contribution in [0.3, 0.4) is 0 Å². The summed E-state index contributed by atoms with van der Waals surface area (Å²) in [6.07, 6.45) is 0. The van der Waals surface area contributed by atoms with Gasteiger partial charge in [0, 0.05) is 12.6 Å². The SMILES string of the molecule is CNS(=O)(=O)CCNc1cc(OC)nc(C)n1. The fourth-order valence-electron chi connectivity index (χ4n) is 1.15. The van der Waals surface area contributed by atoms with Crippen LogP contribution in [-0.4, -0.2) is 44.8 Å². The van der Waals surface area contributed by atoms with Crippen molar-refractivity contribution < 1.29 is 13.2 Å². The number of sulfonamides is 1. The number of ether oxygens (including phenoxy) is 1. The van der Waals surface area contributed by atoms with Crippen molar-refractivity contribution in [2.45, 2.75) is 6.92 Å². The third-order valence-corrected chi connectivity index (χ3v) is 3.38. The van der Waals surface area contributed by atoms with Crippen LogP contribution in [0, 0.1) is 6.92 Å². The molecule has 0 spiro atoms. The van der Waals surface area contributed by atoms with Gasteiger partial charge in [0.2, 0.25) is 15.9 Å². The number of aryl methyl sites for hydroxylation is 1. The van der Waals surface area contributed by atoms with Crippen molar-refractivity contribution in [3.05, 3.63) is 11.9 Å². The van der Waals surface area contributed by atoms with E-state index >= 15 is 0 Å². The molecular weight excluding hydrogens is 244 g/mol. The standard InChI is InChI=1S/C9H16N4O3S/c1-7-12-8(6-9(13-7)16-3)11-4-5-17(14,15)10-2/h6,10H,4-5H2,1-3H3,(H,11,12,13). The molecule has 1 rings (SSSR count). The first kappa shape index (κ1) is 13.7. The van der Waals surface area contributed by atoms with Gasteiger partial charge in [0.15, 0.2) is 0 Å². The first-order valence-electron chi connectivity index (χ1n) is 5.01. The number of nitrogens with one attached hydrogen (secondary N) is 2. The monoisotopic (exact) mass is 260 g/mol. The van der Waals surface area contributed by atoms with E-state index in [9.17, 15) is 8.42 Å². The molecule has 7 nitrogen and oxygen atoms in total. The van der Waals surface area contributed by atoms with E-state index in [1.807, 2.05) is 0 Å². The first-order chi connectivity index (χ1) is 7.96. The van der Waals surface area contributed by atoms with Gasteiger partial charge >= 0.3 is 0 Å². The number of hydrogen-bond acceptors (Lipinski definition) is 6. The van der Waals surface area contributed by atoms with Crippen molar-refractivity contribution in [3.8, 4) is 5.88 Å². The second kappa shape index (κ2) is 5.78. The fourth-order valence-corrected chi connectivity index (χ4v) is 1.73. The van der Waals surface area contributed by atoms with Gasteiger partial charge in [0.1, 0.15) is 11.6 Å². The highest BCUT2D eigenvalue weighted by atomic mass is 32.2. The molecule has 0 fully saturated rings. The lowest BCUT2D eigenvalue weighted by atomic mass is 10.5. The van der Waals surface area contributed by atoms with E-state index in [4.69, 9.17) is 4.74 Å². The lowest BCUT2D eigenvalue weighted by Crippen LogP contribution is -2.26. The molecule has 2 N–H and O–H groups in total. The smallest absolute Gasteiger partial charge is 0.218 e. The lowest BCUT2D eigenvalue weighted by Gasteiger charge is -2.07. The Morgan fingerprint density at radius 3 is 2.71 bits per heavy atom. The van der Waals surface area contributed by atoms with Gasteiger partial charge in [0.25, 0.3) is 0 Å². The van der Waals surface area contributed by atoms with Gasteiger partial charge < -0.3 is 10.1 Å². The Balaban J connectivity index is 2.61. The van der Waals surface area contributed by atoms with Crippen LogP contribution in [0.1, 0.15) is 5.82 Å². The molecule has 0 unspecified atom stereocenters. The molecule has 0 saturated carbocycles. The Morgan fingerprint density at radius 2 is 2.12 bits per heavy atom. The minimum atomic E-state index is -3.20. The maximum absolute atomic E-state index is 11.2. The molecule has 1 heterocycles. The van der Waals surface area contributed by atoms with E-state index in [0.29, 0.717) is 17.5 Å². The number of anilines is 1. The summed E-state index contributed by atoms with van der Waals surface area (Å²) in [6.45, 7) is 2.00. The summed E-state index contributed by atoms with van der Waals surface area (Å²) in [4.78, 5) is 8.13. The molecule has 1 aromatic rings. The van der Waals surface area contributed by atoms with E-state index in [-0.39, 0.29) is 12.3 Å². The zero-order valence-electron chi connectivity index (χ0n) is 10.0. The molecule has 0 atom stereocenters. The van der Waals surface area contributed by atoms with Gasteiger partial charge in [-0.05, 0) is 14.0 Å². The normalized spacial score (nSPS) is 11.2. The van der Waals surface area contributed by atoms with Crippen molar-refractivity contribution in [2.75, 3.05) is 31.8 Å². The molecule has 0 amide bonds. The van der Waals surface area contributed by atoms with Crippen LogP contribution in [0.15, 0.2) is 6.07 Å². The van der Waals surface area contributed by atoms with Crippen LogP contribution in [0.4, 0.5) is 5.82 Å². The van der Waals surface area contributed by atoms with Gasteiger partial charge in [-0.2, -0.15) is 4.98 Å². The number of methoxy groups -OCH3 is 1. The van der Waals surface area contributed by atoms with Gasteiger partial charge in [-0.1, -0.05) is 0 Å². The molecule has 8 heteroatoms. The molecule has 0 aliphatic heterocycles. The Bertz CT molecular complexity index is 475. The third kappa shape index (κ3) is 4.53. The lowest BCUT2D eigenvalue weighted by molar-refractivity contribution is 0.396. The Labute approximate surface area is 101 Å². The van der Waals surface area contributed by atoms with Gasteiger partial charge in [-0.3, -0.25) is 0 Å². The number of nitrogens with zero attached hydrogens (tertiary/aromatic N) is 2. The topological polar surface area (TPSA) is 93.2 Å². The number of aromatic nitrogens is 2. The van der Waals surface area contributed by atoms with Crippen molar-refractivity contribution in [1.29, 1.82) is 0 Å². The van der Waals surface area contributed by atoms with Gasteiger partial charge in [-0.15, -0.1) is 0 Å². The summed E-state index contributed by atoms with van der Waals surface area (Å²) in [5, 5.41) is 2.90. The summed E-state index contributed by atoms with van der Waals surface area (Å²) in [5.41, 5.74) is 0. The Morgan fingerprint density at radius 1 is 1.41 bits per heavy atom. The largest absolute Gasteiger partial charge is 0.481 e. The second-order valence-electron chi connectivity index (χ2n) is 3.29. The highest BCUT2D eigenvalue weighted by Crippen LogP contribution is 2.12. The zero-order chi connectivity index (χ0) is 12.9. The minimum Gasteiger partial charge on any atom is -0.481 e. The van der Waals surface area contributed by atoms with Crippen molar-refractivity contribution in [3.63, 3.8) is 0 Å². The van der Waals surface area contributed by atoms with E-state index in [1.165, 1.54) is 14.2 Å². The molecule has 0 saturated heterocycles. The Kier molecular flexibility index (Phi) is 4.64. The molecule has 0 aliphatic rings. The molecule has 0 bridgehead atoms. The quantitative estimate of drug-likeness (QED) is 0.733. The number of rotatable bonds is 6. The number of hydrogen-bond donors (Lipinski definition) is 2. The molecule has 0 radical (unpaired) electrons. The minimum absolute atomic E-state index is 0.0190. The van der Waals surface area contributed by atoms with Crippen LogP contribution in [-0.2, 0) is 10.0 Å². The van der Waals surface area contributed by atoms with Crippen molar-refractivity contribution >= 4 is 15.8 Å². The van der Waals surface area contributed by atoms with E-state index < -0.39 is 10.0 Å². The highest BCUT2D eigenvalue weighted by Gasteiger charge is 2.07. The van der Waals surface area contributed by atoms with Gasteiger partial charge in [-0.25, -0.2) is 18.1 Å². The van der Waals surface area contributed by atoms with Crippen molar-refractivity contribution in [2.24, 2.45) is 0 Å². The van der Waals surface area contributed by atoms with E-state index in [1.54, 1.807) is 13.0 Å². The Hall–Kier alpha value is -1.41. The predicted octanol–water partition coefficient (Wildman–Crippen LogP) is -0.245. The average molecular weight is 260 g/mol. The van der Waals surface area contributed by atoms with Crippen LogP contribution >= 0.6 is 0 Å². The third-order valence-electron chi connectivity index (χ3n) is 2.01. The molecule has 1 aromatic heterocycles.